The molecular formula is C10H13F2NS2. The number of thiophene rings is 1. The largest absolute Gasteiger partial charge is 0.306 e. The van der Waals surface area contributed by atoms with Crippen molar-refractivity contribution in [1.29, 1.82) is 0 Å². The van der Waals surface area contributed by atoms with E-state index in [9.17, 15) is 8.78 Å². The van der Waals surface area contributed by atoms with E-state index in [0.29, 0.717) is 6.54 Å². The number of rotatable bonds is 4. The molecule has 15 heavy (non-hydrogen) atoms. The monoisotopic (exact) mass is 249 g/mol. The lowest BCUT2D eigenvalue weighted by molar-refractivity contribution is 0.145. The number of hydrogen-bond acceptors (Lipinski definition) is 3. The van der Waals surface area contributed by atoms with Crippen LogP contribution in [0.15, 0.2) is 6.07 Å². The van der Waals surface area contributed by atoms with E-state index in [1.54, 1.807) is 11.3 Å². The van der Waals surface area contributed by atoms with E-state index < -0.39 is 6.43 Å². The Morgan fingerprint density at radius 1 is 1.47 bits per heavy atom. The molecule has 1 aromatic heterocycles. The molecule has 1 nitrogen and oxygen atoms in total. The second-order valence-electron chi connectivity index (χ2n) is 3.49. The van der Waals surface area contributed by atoms with Crippen LogP contribution in [0.25, 0.3) is 0 Å². The Morgan fingerprint density at radius 3 is 3.07 bits per heavy atom. The van der Waals surface area contributed by atoms with Crippen LogP contribution in [0, 0.1) is 0 Å². The van der Waals surface area contributed by atoms with Gasteiger partial charge in [0.05, 0.1) is 6.54 Å². The van der Waals surface area contributed by atoms with Gasteiger partial charge in [0, 0.05) is 22.1 Å². The van der Waals surface area contributed by atoms with E-state index in [1.165, 1.54) is 21.1 Å². The number of nitrogens with one attached hydrogen (secondary N) is 1. The van der Waals surface area contributed by atoms with Crippen LogP contribution in [0.5, 0.6) is 0 Å². The average Bonchev–Trinajstić information content (AvgIpc) is 2.59. The van der Waals surface area contributed by atoms with Gasteiger partial charge in [-0.3, -0.25) is 0 Å². The molecule has 5 heteroatoms. The first-order valence-corrected chi connectivity index (χ1v) is 6.90. The van der Waals surface area contributed by atoms with Gasteiger partial charge in [0.1, 0.15) is 0 Å². The fourth-order valence-corrected chi connectivity index (χ4v) is 3.95. The smallest absolute Gasteiger partial charge is 0.250 e. The van der Waals surface area contributed by atoms with Crippen LogP contribution < -0.4 is 5.32 Å². The molecule has 1 aromatic rings. The van der Waals surface area contributed by atoms with Crippen molar-refractivity contribution in [3.8, 4) is 0 Å². The minimum Gasteiger partial charge on any atom is -0.306 e. The van der Waals surface area contributed by atoms with Crippen LogP contribution in [-0.4, -0.2) is 18.7 Å². The van der Waals surface area contributed by atoms with Gasteiger partial charge in [0.2, 0.25) is 0 Å². The van der Waals surface area contributed by atoms with Crippen molar-refractivity contribution in [3.63, 3.8) is 0 Å². The zero-order valence-electron chi connectivity index (χ0n) is 8.26. The summed E-state index contributed by atoms with van der Waals surface area (Å²) in [6.45, 7) is 0.365. The van der Waals surface area contributed by atoms with E-state index >= 15 is 0 Å². The van der Waals surface area contributed by atoms with Crippen molar-refractivity contribution < 1.29 is 8.78 Å². The molecule has 2 heterocycles. The molecule has 1 N–H and O–H groups in total. The molecular weight excluding hydrogens is 236 g/mol. The predicted molar refractivity (Wildman–Crippen MR) is 61.9 cm³/mol. The number of aryl methyl sites for hydroxylation is 1. The molecule has 0 fully saturated rings. The van der Waals surface area contributed by atoms with E-state index in [4.69, 9.17) is 0 Å². The van der Waals surface area contributed by atoms with Crippen LogP contribution in [-0.2, 0) is 18.7 Å². The summed E-state index contributed by atoms with van der Waals surface area (Å²) in [4.78, 5) is 2.63. The third kappa shape index (κ3) is 3.16. The Kier molecular flexibility index (Phi) is 3.99. The highest BCUT2D eigenvalue weighted by molar-refractivity contribution is 7.98. The van der Waals surface area contributed by atoms with Gasteiger partial charge in [-0.25, -0.2) is 8.78 Å². The number of hydrogen-bond donors (Lipinski definition) is 1. The molecule has 0 bridgehead atoms. The van der Waals surface area contributed by atoms with E-state index in [0.717, 1.165) is 12.2 Å². The molecule has 2 rings (SSSR count). The minimum atomic E-state index is -2.25. The number of halogens is 2. The summed E-state index contributed by atoms with van der Waals surface area (Å²) >= 11 is 3.71. The van der Waals surface area contributed by atoms with E-state index in [-0.39, 0.29) is 6.54 Å². The second-order valence-corrected chi connectivity index (χ2v) is 5.81. The first-order chi connectivity index (χ1) is 7.25. The third-order valence-electron chi connectivity index (χ3n) is 2.28. The van der Waals surface area contributed by atoms with Crippen LogP contribution in [0.4, 0.5) is 8.78 Å². The van der Waals surface area contributed by atoms with Crippen molar-refractivity contribution in [2.24, 2.45) is 0 Å². The van der Waals surface area contributed by atoms with Crippen LogP contribution in [0.2, 0.25) is 0 Å². The highest BCUT2D eigenvalue weighted by Crippen LogP contribution is 2.31. The van der Waals surface area contributed by atoms with Gasteiger partial charge < -0.3 is 5.32 Å². The SMILES string of the molecule is FC(F)CNCc1cc2c(s1)CCSC2. The molecule has 0 unspecified atom stereocenters. The Bertz CT molecular complexity index is 302. The van der Waals surface area contributed by atoms with Crippen molar-refractivity contribution in [3.05, 3.63) is 21.4 Å². The van der Waals surface area contributed by atoms with Crippen LogP contribution in [0.3, 0.4) is 0 Å². The summed E-state index contributed by atoms with van der Waals surface area (Å²) in [5, 5.41) is 2.76. The second kappa shape index (κ2) is 5.27. The Morgan fingerprint density at radius 2 is 2.33 bits per heavy atom. The van der Waals surface area contributed by atoms with Crippen LogP contribution >= 0.6 is 23.1 Å². The molecule has 0 aliphatic carbocycles. The van der Waals surface area contributed by atoms with Crippen LogP contribution in [0.1, 0.15) is 15.3 Å². The van der Waals surface area contributed by atoms with Crippen molar-refractivity contribution in [2.75, 3.05) is 12.3 Å². The fraction of sp³-hybridized carbons (Fsp3) is 0.600. The molecule has 0 aromatic carbocycles. The van der Waals surface area contributed by atoms with E-state index in [1.807, 2.05) is 11.8 Å². The molecule has 84 valence electrons. The molecule has 0 saturated heterocycles. The van der Waals surface area contributed by atoms with E-state index in [2.05, 4.69) is 11.4 Å². The number of alkyl halides is 2. The summed E-state index contributed by atoms with van der Waals surface area (Å²) in [6, 6.07) is 2.16. The maximum Gasteiger partial charge on any atom is 0.250 e. The predicted octanol–water partition coefficient (Wildman–Crippen LogP) is 2.89. The van der Waals surface area contributed by atoms with Crippen molar-refractivity contribution in [2.45, 2.75) is 25.1 Å². The first kappa shape index (κ1) is 11.4. The number of thioether (sulfide) groups is 1. The number of fused-ring (bicyclic) bond motifs is 1. The maximum atomic E-state index is 11.9. The van der Waals surface area contributed by atoms with Gasteiger partial charge in [-0.1, -0.05) is 0 Å². The molecule has 0 saturated carbocycles. The van der Waals surface area contributed by atoms with Gasteiger partial charge in [0.15, 0.2) is 0 Å². The highest BCUT2D eigenvalue weighted by atomic mass is 32.2. The standard InChI is InChI=1S/C10H13F2NS2/c11-10(12)5-13-4-8-3-7-6-14-2-1-9(7)15-8/h3,10,13H,1-2,4-6H2. The van der Waals surface area contributed by atoms with Crippen molar-refractivity contribution in [1.82, 2.24) is 5.32 Å². The van der Waals surface area contributed by atoms with Gasteiger partial charge in [-0.15, -0.1) is 11.3 Å². The minimum absolute atomic E-state index is 0.211. The Balaban J connectivity index is 1.89. The summed E-state index contributed by atoms with van der Waals surface area (Å²) < 4.78 is 23.8. The molecule has 0 amide bonds. The normalized spacial score (nSPS) is 15.7. The lowest BCUT2D eigenvalue weighted by Crippen LogP contribution is -2.19. The topological polar surface area (TPSA) is 12.0 Å². The zero-order chi connectivity index (χ0) is 10.7. The zero-order valence-corrected chi connectivity index (χ0v) is 9.90. The lowest BCUT2D eigenvalue weighted by Gasteiger charge is -2.08. The maximum absolute atomic E-state index is 11.9. The summed E-state index contributed by atoms with van der Waals surface area (Å²) in [5.74, 6) is 2.28. The van der Waals surface area contributed by atoms with Gasteiger partial charge >= 0.3 is 0 Å². The summed E-state index contributed by atoms with van der Waals surface area (Å²) in [6.07, 6.45) is -1.12. The van der Waals surface area contributed by atoms with Crippen molar-refractivity contribution >= 4 is 23.1 Å². The fourth-order valence-electron chi connectivity index (χ4n) is 1.60. The lowest BCUT2D eigenvalue weighted by atomic mass is 10.2. The molecule has 0 radical (unpaired) electrons. The molecule has 1 aliphatic rings. The van der Waals surface area contributed by atoms with Gasteiger partial charge in [-0.05, 0) is 23.8 Å². The summed E-state index contributed by atoms with van der Waals surface area (Å²) in [5.41, 5.74) is 1.41. The summed E-state index contributed by atoms with van der Waals surface area (Å²) in [7, 11) is 0. The van der Waals surface area contributed by atoms with Gasteiger partial charge in [-0.2, -0.15) is 11.8 Å². The highest BCUT2D eigenvalue weighted by Gasteiger charge is 2.13. The Labute approximate surface area is 96.3 Å². The molecule has 1 aliphatic heterocycles. The average molecular weight is 249 g/mol. The molecule has 0 atom stereocenters. The quantitative estimate of drug-likeness (QED) is 0.880. The van der Waals surface area contributed by atoms with Gasteiger partial charge in [0.25, 0.3) is 6.43 Å². The Hall–Kier alpha value is -0.130. The first-order valence-electron chi connectivity index (χ1n) is 4.93. The third-order valence-corrected chi connectivity index (χ3v) is 4.52. The molecule has 0 spiro atoms.